The van der Waals surface area contributed by atoms with Crippen LogP contribution in [0.3, 0.4) is 0 Å². The lowest BCUT2D eigenvalue weighted by Gasteiger charge is -2.20. The molecule has 1 saturated heterocycles. The van der Waals surface area contributed by atoms with Gasteiger partial charge in [0.15, 0.2) is 5.78 Å². The fourth-order valence-electron chi connectivity index (χ4n) is 0.921. The highest BCUT2D eigenvalue weighted by atomic mass is 127. The summed E-state index contributed by atoms with van der Waals surface area (Å²) in [5.41, 5.74) is 0. The molecule has 0 bridgehead atoms. The molecular weight excluding hydrogens is 279 g/mol. The van der Waals surface area contributed by atoms with Gasteiger partial charge in [-0.1, -0.05) is 0 Å². The number of ketones is 1. The van der Waals surface area contributed by atoms with E-state index in [1.165, 1.54) is 9.21 Å². The second-order valence-corrected chi connectivity index (χ2v) is 3.80. The van der Waals surface area contributed by atoms with E-state index in [4.69, 9.17) is 8.92 Å². The maximum Gasteiger partial charge on any atom is 0.158 e. The Morgan fingerprint density at radius 3 is 3.18 bits per heavy atom. The fourth-order valence-corrected chi connectivity index (χ4v) is 1.56. The number of hydrogen-bond acceptors (Lipinski definition) is 4. The monoisotopic (exact) mass is 288 g/mol. The van der Waals surface area contributed by atoms with Crippen molar-refractivity contribution in [3.8, 4) is 0 Å². The number of hydrogen-bond donors (Lipinski definition) is 0. The lowest BCUT2D eigenvalue weighted by molar-refractivity contribution is -0.132. The van der Waals surface area contributed by atoms with E-state index in [1.54, 1.807) is 0 Å². The van der Waals surface area contributed by atoms with Crippen molar-refractivity contribution in [1.29, 1.82) is 0 Å². The lowest BCUT2D eigenvalue weighted by atomic mass is 10.1. The van der Waals surface area contributed by atoms with E-state index in [0.717, 1.165) is 6.42 Å². The van der Waals surface area contributed by atoms with Gasteiger partial charge in [-0.2, -0.15) is 0 Å². The standard InChI is InChI=1S/C6H9IO3S/c7-11-10-4-6-2-1-5(8)3-9-6/h6H,1-4H2. The molecule has 1 aliphatic heterocycles. The average molecular weight is 288 g/mol. The zero-order valence-corrected chi connectivity index (χ0v) is 8.89. The summed E-state index contributed by atoms with van der Waals surface area (Å²) in [7, 11) is 1.30. The second-order valence-electron chi connectivity index (χ2n) is 2.36. The van der Waals surface area contributed by atoms with Gasteiger partial charge in [0.1, 0.15) is 6.61 Å². The summed E-state index contributed by atoms with van der Waals surface area (Å²) in [6, 6.07) is 0. The summed E-state index contributed by atoms with van der Waals surface area (Å²) < 4.78 is 10.3. The van der Waals surface area contributed by atoms with Crippen LogP contribution in [0, 0.1) is 0 Å². The van der Waals surface area contributed by atoms with E-state index in [0.29, 0.717) is 13.0 Å². The van der Waals surface area contributed by atoms with Crippen LogP contribution in [0.5, 0.6) is 0 Å². The van der Waals surface area contributed by atoms with Gasteiger partial charge in [-0.05, 0) is 6.42 Å². The van der Waals surface area contributed by atoms with Gasteiger partial charge in [0.25, 0.3) is 0 Å². The third-order valence-electron chi connectivity index (χ3n) is 1.52. The average Bonchev–Trinajstić information content (AvgIpc) is 2.04. The van der Waals surface area contributed by atoms with Crippen LogP contribution in [0.1, 0.15) is 12.8 Å². The van der Waals surface area contributed by atoms with E-state index in [1.807, 2.05) is 0 Å². The molecule has 1 rings (SSSR count). The predicted octanol–water partition coefficient (Wildman–Crippen LogP) is 1.75. The van der Waals surface area contributed by atoms with Gasteiger partial charge in [0.2, 0.25) is 0 Å². The van der Waals surface area contributed by atoms with Gasteiger partial charge >= 0.3 is 0 Å². The van der Waals surface area contributed by atoms with Crippen LogP contribution in [0.2, 0.25) is 0 Å². The van der Waals surface area contributed by atoms with Gasteiger partial charge < -0.3 is 8.92 Å². The molecule has 1 heterocycles. The number of ether oxygens (including phenoxy) is 1. The second kappa shape index (κ2) is 5.34. The highest BCUT2D eigenvalue weighted by Crippen LogP contribution is 2.17. The largest absolute Gasteiger partial charge is 0.368 e. The summed E-state index contributed by atoms with van der Waals surface area (Å²) >= 11 is 2.06. The van der Waals surface area contributed by atoms with Crippen LogP contribution in [0.15, 0.2) is 0 Å². The molecule has 0 aromatic carbocycles. The molecule has 0 aromatic heterocycles. The molecule has 1 aliphatic rings. The number of Topliss-reactive ketones (excluding diaryl/α,β-unsaturated/α-hetero) is 1. The van der Waals surface area contributed by atoms with Crippen LogP contribution < -0.4 is 0 Å². The van der Waals surface area contributed by atoms with Gasteiger partial charge in [-0.25, -0.2) is 0 Å². The first-order valence-electron chi connectivity index (χ1n) is 3.36. The van der Waals surface area contributed by atoms with E-state index >= 15 is 0 Å². The minimum absolute atomic E-state index is 0.120. The molecule has 1 fully saturated rings. The summed E-state index contributed by atoms with van der Waals surface area (Å²) in [6.45, 7) is 0.848. The van der Waals surface area contributed by atoms with E-state index in [2.05, 4.69) is 21.2 Å². The maximum atomic E-state index is 10.7. The van der Waals surface area contributed by atoms with Crippen molar-refractivity contribution in [2.24, 2.45) is 0 Å². The van der Waals surface area contributed by atoms with Crippen LogP contribution in [-0.4, -0.2) is 25.1 Å². The summed E-state index contributed by atoms with van der Waals surface area (Å²) in [6.07, 6.45) is 1.56. The Kier molecular flexibility index (Phi) is 4.74. The Balaban J connectivity index is 2.12. The maximum absolute atomic E-state index is 10.7. The molecule has 11 heavy (non-hydrogen) atoms. The van der Waals surface area contributed by atoms with Gasteiger partial charge in [0.05, 0.1) is 21.9 Å². The number of rotatable bonds is 3. The van der Waals surface area contributed by atoms with Crippen molar-refractivity contribution >= 4 is 36.2 Å². The minimum Gasteiger partial charge on any atom is -0.368 e. The van der Waals surface area contributed by atoms with Crippen molar-refractivity contribution in [1.82, 2.24) is 0 Å². The zero-order valence-electron chi connectivity index (χ0n) is 5.92. The molecule has 0 amide bonds. The number of carbonyl (C=O) groups excluding carboxylic acids is 1. The zero-order chi connectivity index (χ0) is 8.10. The van der Waals surface area contributed by atoms with Crippen molar-refractivity contribution in [3.63, 3.8) is 0 Å². The Morgan fingerprint density at radius 2 is 2.64 bits per heavy atom. The smallest absolute Gasteiger partial charge is 0.158 e. The molecule has 0 spiro atoms. The molecule has 5 heteroatoms. The molecule has 0 saturated carbocycles. The molecule has 1 atom stereocenters. The van der Waals surface area contributed by atoms with Crippen LogP contribution in [-0.2, 0) is 13.7 Å². The SMILES string of the molecule is O=C1CCC(COSI)OC1. The molecular formula is C6H9IO3S. The minimum atomic E-state index is 0.120. The molecule has 3 nitrogen and oxygen atoms in total. The van der Waals surface area contributed by atoms with Gasteiger partial charge in [-0.3, -0.25) is 4.79 Å². The van der Waals surface area contributed by atoms with E-state index in [-0.39, 0.29) is 18.5 Å². The van der Waals surface area contributed by atoms with Crippen molar-refractivity contribution in [3.05, 3.63) is 0 Å². The molecule has 0 aromatic rings. The van der Waals surface area contributed by atoms with Crippen LogP contribution in [0.25, 0.3) is 0 Å². The highest BCUT2D eigenvalue weighted by molar-refractivity contribution is 14.2. The van der Waals surface area contributed by atoms with Crippen molar-refractivity contribution in [2.45, 2.75) is 18.9 Å². The molecule has 0 radical (unpaired) electrons. The first-order chi connectivity index (χ1) is 5.33. The first kappa shape index (κ1) is 9.76. The Labute approximate surface area is 82.0 Å². The predicted molar refractivity (Wildman–Crippen MR) is 51.5 cm³/mol. The Hall–Kier alpha value is 0.670. The Morgan fingerprint density at radius 1 is 1.82 bits per heavy atom. The third-order valence-corrected chi connectivity index (χ3v) is 2.51. The topological polar surface area (TPSA) is 35.5 Å². The van der Waals surface area contributed by atoms with Crippen LogP contribution in [0.4, 0.5) is 0 Å². The number of halogens is 1. The quantitative estimate of drug-likeness (QED) is 0.585. The Bertz CT molecular complexity index is 132. The summed E-state index contributed by atoms with van der Waals surface area (Å²) in [4.78, 5) is 10.7. The molecule has 0 N–H and O–H groups in total. The summed E-state index contributed by atoms with van der Waals surface area (Å²) in [5, 5.41) is 0. The number of carbonyl (C=O) groups is 1. The summed E-state index contributed by atoms with van der Waals surface area (Å²) in [5.74, 6) is 0.198. The van der Waals surface area contributed by atoms with E-state index < -0.39 is 0 Å². The molecule has 64 valence electrons. The highest BCUT2D eigenvalue weighted by Gasteiger charge is 2.18. The molecule has 0 aliphatic carbocycles. The first-order valence-corrected chi connectivity index (χ1v) is 6.65. The normalized spacial score (nSPS) is 25.5. The van der Waals surface area contributed by atoms with Crippen LogP contribution >= 0.6 is 30.4 Å². The fraction of sp³-hybridized carbons (Fsp3) is 0.833. The van der Waals surface area contributed by atoms with Crippen molar-refractivity contribution < 1.29 is 13.7 Å². The third kappa shape index (κ3) is 3.73. The molecule has 1 unspecified atom stereocenters. The van der Waals surface area contributed by atoms with E-state index in [9.17, 15) is 4.79 Å². The van der Waals surface area contributed by atoms with Gasteiger partial charge in [0, 0.05) is 27.6 Å². The van der Waals surface area contributed by atoms with Crippen molar-refractivity contribution in [2.75, 3.05) is 13.2 Å². The lowest BCUT2D eigenvalue weighted by Crippen LogP contribution is -2.28. The van der Waals surface area contributed by atoms with Gasteiger partial charge in [-0.15, -0.1) is 0 Å².